The van der Waals surface area contributed by atoms with Gasteiger partial charge in [0.05, 0.1) is 18.8 Å². The molecule has 4 heterocycles. The number of anilines is 1. The number of aromatic nitrogens is 3. The van der Waals surface area contributed by atoms with E-state index in [0.717, 1.165) is 4.90 Å². The molecule has 0 bridgehead atoms. The highest BCUT2D eigenvalue weighted by Crippen LogP contribution is 2.38. The smallest absolute Gasteiger partial charge is 0.271 e. The van der Waals surface area contributed by atoms with Gasteiger partial charge >= 0.3 is 0 Å². The van der Waals surface area contributed by atoms with Crippen LogP contribution in [0.5, 0.6) is 5.75 Å². The van der Waals surface area contributed by atoms with E-state index in [1.165, 1.54) is 46.7 Å². The van der Waals surface area contributed by atoms with Gasteiger partial charge in [-0.15, -0.1) is 16.9 Å². The Morgan fingerprint density at radius 3 is 2.78 bits per heavy atom. The summed E-state index contributed by atoms with van der Waals surface area (Å²) in [5, 5.41) is 17.3. The summed E-state index contributed by atoms with van der Waals surface area (Å²) in [7, 11) is 0. The number of thioether (sulfide) groups is 1. The van der Waals surface area contributed by atoms with Crippen LogP contribution >= 0.6 is 11.8 Å². The maximum atomic E-state index is 14.7. The molecule has 6 rings (SSSR count). The van der Waals surface area contributed by atoms with Crippen LogP contribution in [0.1, 0.15) is 45.3 Å². The summed E-state index contributed by atoms with van der Waals surface area (Å²) in [6.45, 7) is 0.887. The van der Waals surface area contributed by atoms with E-state index in [1.807, 2.05) is 12.3 Å². The van der Waals surface area contributed by atoms with Crippen LogP contribution < -0.4 is 10.2 Å². The van der Waals surface area contributed by atoms with Gasteiger partial charge in [0.2, 0.25) is 0 Å². The van der Waals surface area contributed by atoms with Crippen molar-refractivity contribution in [3.8, 4) is 5.75 Å². The minimum absolute atomic E-state index is 0.0160. The normalized spacial score (nSPS) is 20.6. The fourth-order valence-corrected chi connectivity index (χ4v) is 6.05. The van der Waals surface area contributed by atoms with E-state index in [0.29, 0.717) is 42.1 Å². The molecule has 2 amide bonds. The van der Waals surface area contributed by atoms with Gasteiger partial charge in [-0.25, -0.2) is 18.3 Å². The van der Waals surface area contributed by atoms with Gasteiger partial charge in [0.1, 0.15) is 23.6 Å². The lowest BCUT2D eigenvalue weighted by atomic mass is 10.0. The number of likely N-dealkylation sites (tertiary alicyclic amines) is 1. The van der Waals surface area contributed by atoms with E-state index in [4.69, 9.17) is 0 Å². The van der Waals surface area contributed by atoms with Crippen LogP contribution in [0.25, 0.3) is 5.65 Å². The molecule has 0 saturated carbocycles. The second kappa shape index (κ2) is 11.0. The fraction of sp³-hybridized carbons (Fsp3) is 0.310. The number of alkyl halides is 1. The number of amides is 2. The van der Waals surface area contributed by atoms with Crippen LogP contribution in [0.15, 0.2) is 65.7 Å². The van der Waals surface area contributed by atoms with Gasteiger partial charge in [-0.05, 0) is 66.8 Å². The Morgan fingerprint density at radius 2 is 1.98 bits per heavy atom. The first-order valence-electron chi connectivity index (χ1n) is 13.3. The fourth-order valence-electron chi connectivity index (χ4n) is 5.56. The molecule has 3 atom stereocenters. The number of rotatable bonds is 6. The summed E-state index contributed by atoms with van der Waals surface area (Å²) < 4.78 is 30.4. The first kappa shape index (κ1) is 27.0. The zero-order valence-electron chi connectivity index (χ0n) is 22.2. The molecule has 4 aromatic rings. The third-order valence-electron chi connectivity index (χ3n) is 7.54. The van der Waals surface area contributed by atoms with Crippen LogP contribution in [-0.2, 0) is 0 Å². The number of aromatic hydroxyl groups is 1. The first-order chi connectivity index (χ1) is 19.8. The SMILES string of the molecule is CSc1cc(F)cc(C2CC(F)CN2c2ccc3ncc(C(=O)NC4CCN(C(=O)c5cccc(O)c5)C4)n3n2)c1. The quantitative estimate of drug-likeness (QED) is 0.330. The van der Waals surface area contributed by atoms with E-state index in [-0.39, 0.29) is 42.2 Å². The highest BCUT2D eigenvalue weighted by atomic mass is 32.2. The van der Waals surface area contributed by atoms with Crippen molar-refractivity contribution >= 4 is 35.0 Å². The Kier molecular flexibility index (Phi) is 7.24. The van der Waals surface area contributed by atoms with Crippen molar-refractivity contribution in [2.45, 2.75) is 36.0 Å². The Morgan fingerprint density at radius 1 is 1.12 bits per heavy atom. The lowest BCUT2D eigenvalue weighted by Crippen LogP contribution is -2.39. The Bertz CT molecular complexity index is 1630. The highest BCUT2D eigenvalue weighted by molar-refractivity contribution is 7.98. The predicted molar refractivity (Wildman–Crippen MR) is 151 cm³/mol. The third-order valence-corrected chi connectivity index (χ3v) is 8.25. The molecule has 41 heavy (non-hydrogen) atoms. The number of halogens is 2. The molecule has 2 aromatic carbocycles. The molecule has 2 fully saturated rings. The number of benzene rings is 2. The van der Waals surface area contributed by atoms with Gasteiger partial charge in [0.25, 0.3) is 11.8 Å². The van der Waals surface area contributed by atoms with Crippen LogP contribution in [-0.4, -0.2) is 74.5 Å². The number of phenols is 1. The molecule has 2 N–H and O–H groups in total. The number of imidazole rings is 1. The number of hydrogen-bond acceptors (Lipinski definition) is 7. The van der Waals surface area contributed by atoms with Crippen molar-refractivity contribution in [1.82, 2.24) is 24.8 Å². The van der Waals surface area contributed by atoms with E-state index >= 15 is 0 Å². The molecular weight excluding hydrogens is 550 g/mol. The van der Waals surface area contributed by atoms with Crippen LogP contribution in [0.4, 0.5) is 14.6 Å². The van der Waals surface area contributed by atoms with Gasteiger partial charge in [-0.2, -0.15) is 0 Å². The van der Waals surface area contributed by atoms with Gasteiger partial charge in [-0.1, -0.05) is 6.07 Å². The van der Waals surface area contributed by atoms with Crippen molar-refractivity contribution in [2.75, 3.05) is 30.8 Å². The number of hydrogen-bond donors (Lipinski definition) is 2. The Balaban J connectivity index is 1.20. The second-order valence-electron chi connectivity index (χ2n) is 10.3. The number of phenolic OH excluding ortho intramolecular Hbond substituents is 1. The van der Waals surface area contributed by atoms with Crippen LogP contribution in [0.3, 0.4) is 0 Å². The van der Waals surface area contributed by atoms with E-state index in [9.17, 15) is 23.5 Å². The molecule has 212 valence electrons. The molecule has 2 saturated heterocycles. The number of carbonyl (C=O) groups is 2. The molecular formula is C29H28F2N6O3S. The molecule has 2 aromatic heterocycles. The molecule has 2 aliphatic heterocycles. The van der Waals surface area contributed by atoms with Crippen molar-refractivity contribution in [2.24, 2.45) is 0 Å². The maximum Gasteiger partial charge on any atom is 0.271 e. The molecule has 2 aliphatic rings. The van der Waals surface area contributed by atoms with Crippen molar-refractivity contribution < 1.29 is 23.5 Å². The van der Waals surface area contributed by atoms with Gasteiger partial charge in [-0.3, -0.25) is 9.59 Å². The topological polar surface area (TPSA) is 103 Å². The second-order valence-corrected chi connectivity index (χ2v) is 11.2. The van der Waals surface area contributed by atoms with Crippen molar-refractivity contribution in [3.05, 3.63) is 83.4 Å². The molecule has 0 aliphatic carbocycles. The summed E-state index contributed by atoms with van der Waals surface area (Å²) in [6.07, 6.45) is 2.96. The lowest BCUT2D eigenvalue weighted by Gasteiger charge is -2.26. The minimum Gasteiger partial charge on any atom is -0.508 e. The van der Waals surface area contributed by atoms with E-state index < -0.39 is 18.1 Å². The summed E-state index contributed by atoms with van der Waals surface area (Å²) in [5.41, 5.74) is 1.72. The van der Waals surface area contributed by atoms with Gasteiger partial charge in [0.15, 0.2) is 11.3 Å². The standard InChI is InChI=1S/C29H28F2N6O3S/c1-41-23-11-18(9-19(30)12-23)24-13-20(31)15-36(24)27-6-5-26-32-14-25(37(26)34-27)28(39)33-21-7-8-35(16-21)29(40)17-3-2-4-22(38)10-17/h2-6,9-12,14,20-21,24,38H,7-8,13,15-16H2,1H3,(H,33,39). The third kappa shape index (κ3) is 5.43. The summed E-state index contributed by atoms with van der Waals surface area (Å²) in [5.74, 6) is -0.515. The maximum absolute atomic E-state index is 14.7. The molecule has 9 nitrogen and oxygen atoms in total. The average Bonchev–Trinajstić information content (AvgIpc) is 3.70. The Hall–Kier alpha value is -4.19. The van der Waals surface area contributed by atoms with Crippen LogP contribution in [0.2, 0.25) is 0 Å². The summed E-state index contributed by atoms with van der Waals surface area (Å²) in [6, 6.07) is 13.7. The first-order valence-corrected chi connectivity index (χ1v) is 14.5. The zero-order chi connectivity index (χ0) is 28.7. The molecule has 12 heteroatoms. The minimum atomic E-state index is -1.11. The Labute approximate surface area is 239 Å². The number of nitrogens with one attached hydrogen (secondary N) is 1. The molecule has 0 radical (unpaired) electrons. The van der Waals surface area contributed by atoms with E-state index in [1.54, 1.807) is 34.1 Å². The predicted octanol–water partition coefficient (Wildman–Crippen LogP) is 4.23. The van der Waals surface area contributed by atoms with Crippen LogP contribution in [0, 0.1) is 5.82 Å². The largest absolute Gasteiger partial charge is 0.508 e. The lowest BCUT2D eigenvalue weighted by molar-refractivity contribution is 0.0782. The zero-order valence-corrected chi connectivity index (χ0v) is 23.0. The molecule has 3 unspecified atom stereocenters. The number of carbonyl (C=O) groups excluding carboxylic acids is 2. The van der Waals surface area contributed by atoms with Gasteiger partial charge in [0, 0.05) is 36.0 Å². The summed E-state index contributed by atoms with van der Waals surface area (Å²) in [4.78, 5) is 34.6. The highest BCUT2D eigenvalue weighted by Gasteiger charge is 2.35. The van der Waals surface area contributed by atoms with E-state index in [2.05, 4.69) is 15.4 Å². The van der Waals surface area contributed by atoms with Crippen molar-refractivity contribution in [1.29, 1.82) is 0 Å². The monoisotopic (exact) mass is 578 g/mol. The van der Waals surface area contributed by atoms with Gasteiger partial charge < -0.3 is 20.2 Å². The number of fused-ring (bicyclic) bond motifs is 1. The average molecular weight is 579 g/mol. The van der Waals surface area contributed by atoms with Crippen molar-refractivity contribution in [3.63, 3.8) is 0 Å². The summed E-state index contributed by atoms with van der Waals surface area (Å²) >= 11 is 1.42. The number of nitrogens with zero attached hydrogens (tertiary/aromatic N) is 5. The molecule has 0 spiro atoms.